The molecule has 0 spiro atoms. The molecule has 1 aromatic carbocycles. The van der Waals surface area contributed by atoms with Gasteiger partial charge in [-0.2, -0.15) is 0 Å². The summed E-state index contributed by atoms with van der Waals surface area (Å²) in [5, 5.41) is 0. The molecule has 0 bridgehead atoms. The molecule has 0 saturated heterocycles. The minimum absolute atomic E-state index is 0.0417. The second kappa shape index (κ2) is 19.1. The lowest BCUT2D eigenvalue weighted by Crippen LogP contribution is -2.22. The number of methoxy groups -OCH3 is 1. The maximum atomic E-state index is 10.4. The van der Waals surface area contributed by atoms with Gasteiger partial charge in [0.05, 0.1) is 41.3 Å². The van der Waals surface area contributed by atoms with Gasteiger partial charge in [0.25, 0.3) is 0 Å². The van der Waals surface area contributed by atoms with E-state index in [9.17, 15) is 4.79 Å². The predicted octanol–water partition coefficient (Wildman–Crippen LogP) is 8.53. The lowest BCUT2D eigenvalue weighted by Gasteiger charge is -2.19. The Morgan fingerprint density at radius 2 is 1.20 bits per heavy atom. The molecule has 230 valence electrons. The first-order valence-corrected chi connectivity index (χ1v) is 13.9. The third-order valence-corrected chi connectivity index (χ3v) is 4.45. The average molecular weight is 562 g/mol. The van der Waals surface area contributed by atoms with Crippen LogP contribution in [0.3, 0.4) is 0 Å². The van der Waals surface area contributed by atoms with Crippen LogP contribution in [-0.4, -0.2) is 46.9 Å². The molecule has 0 unspecified atom stereocenters. The predicted molar refractivity (Wildman–Crippen MR) is 168 cm³/mol. The maximum absolute atomic E-state index is 10.4. The molecule has 1 heterocycles. The number of nitrogens with zero attached hydrogens (tertiary/aromatic N) is 1. The van der Waals surface area contributed by atoms with Gasteiger partial charge >= 0.3 is 0 Å². The Morgan fingerprint density at radius 1 is 0.700 bits per heavy atom. The zero-order valence-electron chi connectivity index (χ0n) is 28.2. The van der Waals surface area contributed by atoms with Crippen LogP contribution in [0.15, 0.2) is 48.7 Å². The smallest absolute Gasteiger partial charge is 0.155 e. The molecule has 0 fully saturated rings. The molecule has 2 aromatic rings. The van der Waals surface area contributed by atoms with Gasteiger partial charge in [0.2, 0.25) is 0 Å². The first-order valence-electron chi connectivity index (χ1n) is 13.9. The van der Waals surface area contributed by atoms with Gasteiger partial charge in [0.1, 0.15) is 6.61 Å². The molecule has 0 N–H and O–H groups in total. The van der Waals surface area contributed by atoms with Crippen molar-refractivity contribution in [3.63, 3.8) is 0 Å². The summed E-state index contributed by atoms with van der Waals surface area (Å²) in [7, 11) is 1.71. The molecule has 0 aliphatic heterocycles. The minimum atomic E-state index is -0.189. The molecular weight excluding hydrogens is 502 g/mol. The fourth-order valence-electron chi connectivity index (χ4n) is 2.19. The van der Waals surface area contributed by atoms with E-state index in [1.165, 1.54) is 18.1 Å². The highest BCUT2D eigenvalue weighted by atomic mass is 16.5. The van der Waals surface area contributed by atoms with Crippen molar-refractivity contribution in [2.75, 3.05) is 13.7 Å². The van der Waals surface area contributed by atoms with Crippen molar-refractivity contribution in [1.82, 2.24) is 4.98 Å². The first-order chi connectivity index (χ1) is 18.0. The zero-order chi connectivity index (χ0) is 31.6. The molecule has 40 heavy (non-hydrogen) atoms. The topological polar surface area (TPSA) is 66.9 Å². The number of Topliss-reactive ketones (excluding diaryl/α,β-unsaturated/α-hetero) is 1. The normalized spacial score (nSPS) is 11.7. The van der Waals surface area contributed by atoms with E-state index in [0.717, 1.165) is 5.69 Å². The van der Waals surface area contributed by atoms with Crippen LogP contribution < -0.4 is 0 Å². The van der Waals surface area contributed by atoms with Gasteiger partial charge in [-0.15, -0.1) is 0 Å². The number of aryl methyl sites for hydroxylation is 1. The number of ketones is 1. The lowest BCUT2D eigenvalue weighted by atomic mass is 10.1. The lowest BCUT2D eigenvalue weighted by molar-refractivity contribution is -0.126. The standard InChI is InChI=1S/C12H18O.C10H15NO.C7H14O2.C5H12O/c1-10-6-5-7-11(8-10)9-13-12(2,3)4;1-10(2,3)12-8-9-6-4-5-7-11-9;1-6(8)5-9-7(2,3)4;1-5(2,3)6-4/h5-8H,9H2,1-4H3;4-7H,8H2,1-3H3;5H2,1-4H3;1-4H3. The summed E-state index contributed by atoms with van der Waals surface area (Å²) < 4.78 is 21.3. The van der Waals surface area contributed by atoms with Crippen molar-refractivity contribution in [1.29, 1.82) is 0 Å². The molecule has 1 aromatic heterocycles. The highest BCUT2D eigenvalue weighted by molar-refractivity contribution is 5.76. The third-order valence-electron chi connectivity index (χ3n) is 4.45. The molecular formula is C34H59NO5. The van der Waals surface area contributed by atoms with Crippen LogP contribution in [0.4, 0.5) is 0 Å². The van der Waals surface area contributed by atoms with Gasteiger partial charge in [0.15, 0.2) is 5.78 Å². The van der Waals surface area contributed by atoms with Gasteiger partial charge < -0.3 is 18.9 Å². The van der Waals surface area contributed by atoms with E-state index in [1.54, 1.807) is 13.3 Å². The highest BCUT2D eigenvalue weighted by Crippen LogP contribution is 2.13. The number of carbonyl (C=O) groups is 1. The van der Waals surface area contributed by atoms with Crippen LogP contribution in [0.25, 0.3) is 0 Å². The van der Waals surface area contributed by atoms with Crippen molar-refractivity contribution in [2.45, 2.75) is 133 Å². The van der Waals surface area contributed by atoms with Crippen molar-refractivity contribution in [2.24, 2.45) is 0 Å². The van der Waals surface area contributed by atoms with Gasteiger partial charge in [-0.05, 0) is 115 Å². The second-order valence-corrected chi connectivity index (χ2v) is 13.5. The fourth-order valence-corrected chi connectivity index (χ4v) is 2.19. The van der Waals surface area contributed by atoms with Gasteiger partial charge in [-0.3, -0.25) is 9.78 Å². The fraction of sp³-hybridized carbons (Fsp3) is 0.647. The van der Waals surface area contributed by atoms with E-state index < -0.39 is 0 Å². The summed E-state index contributed by atoms with van der Waals surface area (Å²) in [6.07, 6.45) is 1.78. The first kappa shape index (κ1) is 40.0. The second-order valence-electron chi connectivity index (χ2n) is 13.5. The van der Waals surface area contributed by atoms with Crippen molar-refractivity contribution in [3.05, 3.63) is 65.5 Å². The monoisotopic (exact) mass is 561 g/mol. The van der Waals surface area contributed by atoms with Crippen LogP contribution in [0.1, 0.15) is 107 Å². The van der Waals surface area contributed by atoms with Crippen molar-refractivity contribution in [3.8, 4) is 0 Å². The van der Waals surface area contributed by atoms with Gasteiger partial charge in [-0.25, -0.2) is 0 Å². The Bertz CT molecular complexity index is 914. The summed E-state index contributed by atoms with van der Waals surface area (Å²) in [5.41, 5.74) is 3.23. The van der Waals surface area contributed by atoms with E-state index in [4.69, 9.17) is 18.9 Å². The Labute approximate surface area is 246 Å². The van der Waals surface area contributed by atoms with Crippen LogP contribution in [0.5, 0.6) is 0 Å². The summed E-state index contributed by atoms with van der Waals surface area (Å²) in [5.74, 6) is 0.0740. The number of hydrogen-bond donors (Lipinski definition) is 0. The molecule has 0 aliphatic carbocycles. The number of carbonyl (C=O) groups excluding carboxylic acids is 1. The van der Waals surface area contributed by atoms with Gasteiger partial charge in [-0.1, -0.05) is 35.9 Å². The Morgan fingerprint density at radius 3 is 1.55 bits per heavy atom. The van der Waals surface area contributed by atoms with Crippen LogP contribution in [0.2, 0.25) is 0 Å². The Hall–Kier alpha value is -2.12. The van der Waals surface area contributed by atoms with Crippen molar-refractivity contribution < 1.29 is 23.7 Å². The Kier molecular flexibility index (Phi) is 19.1. The molecule has 0 atom stereocenters. The van der Waals surface area contributed by atoms with Crippen LogP contribution >= 0.6 is 0 Å². The number of rotatable bonds is 6. The Balaban J connectivity index is 0. The molecule has 2 rings (SSSR count). The molecule has 0 amide bonds. The number of aromatic nitrogens is 1. The number of benzene rings is 1. The summed E-state index contributed by atoms with van der Waals surface area (Å²) in [4.78, 5) is 14.5. The number of ether oxygens (including phenoxy) is 4. The SMILES string of the molecule is CC(=O)COC(C)(C)C.CC(C)(C)OCc1ccccn1.COC(C)(C)C.Cc1cccc(COC(C)(C)C)c1. The molecule has 6 nitrogen and oxygen atoms in total. The van der Waals surface area contributed by atoms with E-state index >= 15 is 0 Å². The van der Waals surface area contributed by atoms with Crippen molar-refractivity contribution >= 4 is 5.78 Å². The molecule has 6 heteroatoms. The highest BCUT2D eigenvalue weighted by Gasteiger charge is 2.11. The molecule has 0 saturated carbocycles. The number of pyridine rings is 1. The molecule has 0 aliphatic rings. The average Bonchev–Trinajstić information content (AvgIpc) is 2.80. The van der Waals surface area contributed by atoms with Crippen LogP contribution in [0, 0.1) is 6.92 Å². The third kappa shape index (κ3) is 32.1. The maximum Gasteiger partial charge on any atom is 0.155 e. The quantitative estimate of drug-likeness (QED) is 0.352. The van der Waals surface area contributed by atoms with Crippen LogP contribution in [-0.2, 0) is 37.0 Å². The van der Waals surface area contributed by atoms with Gasteiger partial charge in [0, 0.05) is 13.3 Å². The largest absolute Gasteiger partial charge is 0.379 e. The number of hydrogen-bond acceptors (Lipinski definition) is 6. The minimum Gasteiger partial charge on any atom is -0.379 e. The molecule has 0 radical (unpaired) electrons. The van der Waals surface area contributed by atoms with E-state index in [0.29, 0.717) is 13.2 Å². The van der Waals surface area contributed by atoms with E-state index in [2.05, 4.69) is 56.9 Å². The van der Waals surface area contributed by atoms with E-state index in [-0.39, 0.29) is 34.8 Å². The summed E-state index contributed by atoms with van der Waals surface area (Å²) >= 11 is 0. The zero-order valence-corrected chi connectivity index (χ0v) is 28.2. The van der Waals surface area contributed by atoms with E-state index in [1.807, 2.05) is 80.5 Å². The summed E-state index contributed by atoms with van der Waals surface area (Å²) in [6, 6.07) is 14.3. The summed E-state index contributed by atoms with van der Waals surface area (Å²) in [6.45, 7) is 29.3.